The van der Waals surface area contributed by atoms with Gasteiger partial charge in [0.2, 0.25) is 0 Å². The van der Waals surface area contributed by atoms with Crippen molar-refractivity contribution in [2.45, 2.75) is 0 Å². The second-order valence-electron chi connectivity index (χ2n) is 2.44. The van der Waals surface area contributed by atoms with Gasteiger partial charge >= 0.3 is 0 Å². The van der Waals surface area contributed by atoms with Gasteiger partial charge in [0.05, 0.1) is 4.91 Å². The molecule has 0 spiro atoms. The summed E-state index contributed by atoms with van der Waals surface area (Å²) in [5.41, 5.74) is 4.76. The van der Waals surface area contributed by atoms with Crippen LogP contribution in [0, 0.1) is 0 Å². The highest BCUT2D eigenvalue weighted by atomic mass is 32.2. The zero-order valence-electron chi connectivity index (χ0n) is 7.16. The molecule has 0 aliphatic carbocycles. The molecule has 0 saturated heterocycles. The van der Waals surface area contributed by atoms with Crippen molar-refractivity contribution in [1.29, 1.82) is 0 Å². The van der Waals surface area contributed by atoms with Gasteiger partial charge < -0.3 is 5.73 Å². The minimum Gasteiger partial charge on any atom is -0.365 e. The van der Waals surface area contributed by atoms with Gasteiger partial charge in [0.25, 0.3) is 17.7 Å². The number of likely N-dealkylation sites (N-methyl/N-ethyl adjacent to an activating group) is 1. The number of carbonyl (C=O) groups excluding carboxylic acids is 3. The number of amides is 3. The zero-order chi connectivity index (χ0) is 10.2. The first-order chi connectivity index (χ1) is 6.00. The highest BCUT2D eigenvalue weighted by Gasteiger charge is 2.38. The molecule has 0 atom stereocenters. The Morgan fingerprint density at radius 3 is 2.23 bits per heavy atom. The number of nitrogens with zero attached hydrogens (tertiary/aromatic N) is 1. The molecule has 0 unspecified atom stereocenters. The summed E-state index contributed by atoms with van der Waals surface area (Å²) in [4.78, 5) is 34.4. The number of thioether (sulfide) groups is 1. The number of imide groups is 1. The van der Waals surface area contributed by atoms with Crippen LogP contribution in [0.3, 0.4) is 0 Å². The van der Waals surface area contributed by atoms with Crippen LogP contribution in [0.1, 0.15) is 0 Å². The lowest BCUT2D eigenvalue weighted by atomic mass is 10.2. The van der Waals surface area contributed by atoms with Crippen LogP contribution in [-0.4, -0.2) is 35.9 Å². The van der Waals surface area contributed by atoms with Gasteiger partial charge in [-0.3, -0.25) is 19.3 Å². The molecule has 1 aliphatic rings. The van der Waals surface area contributed by atoms with Crippen molar-refractivity contribution < 1.29 is 14.4 Å². The Labute approximate surface area is 78.9 Å². The van der Waals surface area contributed by atoms with Gasteiger partial charge in [-0.2, -0.15) is 0 Å². The average molecular weight is 200 g/mol. The van der Waals surface area contributed by atoms with Crippen LogP contribution in [0.15, 0.2) is 10.5 Å². The summed E-state index contributed by atoms with van der Waals surface area (Å²) < 4.78 is 0. The molecule has 5 nitrogen and oxygen atoms in total. The van der Waals surface area contributed by atoms with Crippen LogP contribution in [0.2, 0.25) is 0 Å². The molecule has 0 radical (unpaired) electrons. The summed E-state index contributed by atoms with van der Waals surface area (Å²) >= 11 is 1.05. The zero-order valence-corrected chi connectivity index (χ0v) is 7.97. The molecule has 0 fully saturated rings. The van der Waals surface area contributed by atoms with Crippen molar-refractivity contribution in [1.82, 2.24) is 4.90 Å². The summed E-state index contributed by atoms with van der Waals surface area (Å²) in [6, 6.07) is 0. The maximum absolute atomic E-state index is 11.3. The maximum Gasteiger partial charge on any atom is 0.267 e. The summed E-state index contributed by atoms with van der Waals surface area (Å²) in [5.74, 6) is -1.94. The maximum atomic E-state index is 11.3. The van der Waals surface area contributed by atoms with Gasteiger partial charge in [-0.25, -0.2) is 0 Å². The lowest BCUT2D eigenvalue weighted by Crippen LogP contribution is -2.29. The number of hydrogen-bond donors (Lipinski definition) is 1. The summed E-state index contributed by atoms with van der Waals surface area (Å²) in [6.45, 7) is 0. The fourth-order valence-corrected chi connectivity index (χ4v) is 1.73. The Morgan fingerprint density at radius 2 is 1.92 bits per heavy atom. The molecule has 3 amide bonds. The number of carbonyl (C=O) groups is 3. The largest absolute Gasteiger partial charge is 0.365 e. The summed E-state index contributed by atoms with van der Waals surface area (Å²) in [7, 11) is 1.32. The smallest absolute Gasteiger partial charge is 0.267 e. The fraction of sp³-hybridized carbons (Fsp3) is 0.286. The van der Waals surface area contributed by atoms with E-state index in [9.17, 15) is 14.4 Å². The number of primary amides is 1. The molecule has 0 bridgehead atoms. The molecule has 0 aromatic carbocycles. The molecule has 13 heavy (non-hydrogen) atoms. The fourth-order valence-electron chi connectivity index (χ4n) is 1.02. The predicted octanol–water partition coefficient (Wildman–Crippen LogP) is -0.913. The standard InChI is InChI=1S/C7H8N2O3S/c1-9-6(11)3(5(8)10)4(13-2)7(9)12/h1-2H3,(H2,8,10). The van der Waals surface area contributed by atoms with Crippen molar-refractivity contribution >= 4 is 29.5 Å². The molecule has 1 rings (SSSR count). The van der Waals surface area contributed by atoms with Crippen LogP contribution >= 0.6 is 11.8 Å². The third kappa shape index (κ3) is 1.33. The average Bonchev–Trinajstić information content (AvgIpc) is 2.29. The van der Waals surface area contributed by atoms with Gasteiger partial charge in [0.1, 0.15) is 5.57 Å². The Bertz CT molecular complexity index is 335. The van der Waals surface area contributed by atoms with E-state index in [1.165, 1.54) is 7.05 Å². The molecule has 1 aliphatic heterocycles. The van der Waals surface area contributed by atoms with Crippen LogP contribution < -0.4 is 5.73 Å². The summed E-state index contributed by atoms with van der Waals surface area (Å²) in [5, 5.41) is 0. The van der Waals surface area contributed by atoms with Crippen molar-refractivity contribution in [3.8, 4) is 0 Å². The number of nitrogens with two attached hydrogens (primary N) is 1. The van der Waals surface area contributed by atoms with E-state index in [0.717, 1.165) is 16.7 Å². The first-order valence-corrected chi connectivity index (χ1v) is 4.63. The summed E-state index contributed by atoms with van der Waals surface area (Å²) in [6.07, 6.45) is 1.61. The van der Waals surface area contributed by atoms with Crippen molar-refractivity contribution in [2.24, 2.45) is 5.73 Å². The molecule has 6 heteroatoms. The van der Waals surface area contributed by atoms with E-state index in [4.69, 9.17) is 5.73 Å². The van der Waals surface area contributed by atoms with Crippen molar-refractivity contribution in [3.63, 3.8) is 0 Å². The molecule has 1 heterocycles. The Morgan fingerprint density at radius 1 is 1.38 bits per heavy atom. The van der Waals surface area contributed by atoms with Crippen LogP contribution in [0.4, 0.5) is 0 Å². The lowest BCUT2D eigenvalue weighted by molar-refractivity contribution is -0.136. The van der Waals surface area contributed by atoms with E-state index in [0.29, 0.717) is 0 Å². The minimum atomic E-state index is -0.855. The van der Waals surface area contributed by atoms with E-state index in [1.54, 1.807) is 6.26 Å². The molecule has 2 N–H and O–H groups in total. The van der Waals surface area contributed by atoms with Crippen molar-refractivity contribution in [3.05, 3.63) is 10.5 Å². The number of hydrogen-bond acceptors (Lipinski definition) is 4. The lowest BCUT2D eigenvalue weighted by Gasteiger charge is -2.04. The van der Waals surface area contributed by atoms with Crippen LogP contribution in [0.25, 0.3) is 0 Å². The predicted molar refractivity (Wildman–Crippen MR) is 47.5 cm³/mol. The topological polar surface area (TPSA) is 80.5 Å². The van der Waals surface area contributed by atoms with E-state index in [1.807, 2.05) is 0 Å². The molecule has 0 aromatic heterocycles. The molecule has 0 saturated carbocycles. The molecule has 70 valence electrons. The molecular formula is C7H8N2O3S. The monoisotopic (exact) mass is 200 g/mol. The second kappa shape index (κ2) is 3.21. The highest BCUT2D eigenvalue weighted by molar-refractivity contribution is 8.03. The van der Waals surface area contributed by atoms with Gasteiger partial charge in [-0.1, -0.05) is 0 Å². The Balaban J connectivity index is 3.25. The first kappa shape index (κ1) is 9.79. The normalized spacial score (nSPS) is 17.2. The third-order valence-corrected chi connectivity index (χ3v) is 2.48. The Hall–Kier alpha value is -1.30. The van der Waals surface area contributed by atoms with E-state index in [2.05, 4.69) is 0 Å². The minimum absolute atomic E-state index is 0.125. The first-order valence-electron chi connectivity index (χ1n) is 3.41. The second-order valence-corrected chi connectivity index (χ2v) is 3.26. The van der Waals surface area contributed by atoms with Crippen LogP contribution in [0.5, 0.6) is 0 Å². The van der Waals surface area contributed by atoms with E-state index >= 15 is 0 Å². The number of rotatable bonds is 2. The molecular weight excluding hydrogens is 192 g/mol. The Kier molecular flexibility index (Phi) is 2.42. The SMILES string of the molecule is CSC1=C(C(N)=O)C(=O)N(C)C1=O. The molecule has 0 aromatic rings. The highest BCUT2D eigenvalue weighted by Crippen LogP contribution is 2.26. The third-order valence-electron chi connectivity index (χ3n) is 1.69. The van der Waals surface area contributed by atoms with Crippen LogP contribution in [-0.2, 0) is 14.4 Å². The van der Waals surface area contributed by atoms with E-state index in [-0.39, 0.29) is 10.5 Å². The van der Waals surface area contributed by atoms with Crippen molar-refractivity contribution in [2.75, 3.05) is 13.3 Å². The van der Waals surface area contributed by atoms with E-state index < -0.39 is 17.7 Å². The van der Waals surface area contributed by atoms with Gasteiger partial charge in [0.15, 0.2) is 0 Å². The quantitative estimate of drug-likeness (QED) is 0.462. The van der Waals surface area contributed by atoms with Gasteiger partial charge in [-0.15, -0.1) is 11.8 Å². The van der Waals surface area contributed by atoms with Gasteiger partial charge in [-0.05, 0) is 6.26 Å². The van der Waals surface area contributed by atoms with Gasteiger partial charge in [0, 0.05) is 7.05 Å².